The molecule has 1 aromatic rings. The largest absolute Gasteiger partial charge is 0.377 e. The Morgan fingerprint density at radius 3 is 2.65 bits per heavy atom. The monoisotopic (exact) mass is 565 g/mol. The molecular formula is C21H36IN5O3S. The molecule has 2 heterocycles. The van der Waals surface area contributed by atoms with Crippen LogP contribution in [0.15, 0.2) is 29.3 Å². The maximum absolute atomic E-state index is 12.3. The summed E-state index contributed by atoms with van der Waals surface area (Å²) in [7, 11) is -1.60. The van der Waals surface area contributed by atoms with Crippen molar-refractivity contribution in [3.05, 3.63) is 29.8 Å². The lowest BCUT2D eigenvalue weighted by Crippen LogP contribution is -2.53. The van der Waals surface area contributed by atoms with Gasteiger partial charge in [0.25, 0.3) is 0 Å². The van der Waals surface area contributed by atoms with Gasteiger partial charge in [-0.05, 0) is 43.9 Å². The normalized spacial score (nSPS) is 20.3. The number of ether oxygens (including phenoxy) is 1. The fraction of sp³-hybridized carbons (Fsp3) is 0.667. The molecule has 1 unspecified atom stereocenters. The van der Waals surface area contributed by atoms with Gasteiger partial charge in [-0.15, -0.1) is 24.0 Å². The van der Waals surface area contributed by atoms with Crippen LogP contribution in [-0.2, 0) is 14.8 Å². The second kappa shape index (κ2) is 12.8. The van der Waals surface area contributed by atoms with Crippen LogP contribution in [0.3, 0.4) is 0 Å². The summed E-state index contributed by atoms with van der Waals surface area (Å²) in [6, 6.07) is 8.55. The number of hydrogen-bond acceptors (Lipinski definition) is 5. The Hall–Kier alpha value is -1.11. The highest BCUT2D eigenvalue weighted by Crippen LogP contribution is 2.17. The van der Waals surface area contributed by atoms with Gasteiger partial charge in [-0.1, -0.05) is 12.1 Å². The van der Waals surface area contributed by atoms with E-state index < -0.39 is 10.0 Å². The van der Waals surface area contributed by atoms with E-state index >= 15 is 0 Å². The lowest BCUT2D eigenvalue weighted by Gasteiger charge is -2.37. The highest BCUT2D eigenvalue weighted by atomic mass is 127. The zero-order valence-electron chi connectivity index (χ0n) is 18.5. The first kappa shape index (κ1) is 26.1. The molecule has 176 valence electrons. The van der Waals surface area contributed by atoms with Crippen LogP contribution in [0, 0.1) is 6.92 Å². The minimum atomic E-state index is -3.34. The van der Waals surface area contributed by atoms with Crippen molar-refractivity contribution in [3.8, 4) is 0 Å². The molecule has 0 aromatic heterocycles. The molecule has 0 saturated carbocycles. The number of nitrogens with zero attached hydrogens (tertiary/aromatic N) is 3. The molecule has 2 saturated heterocycles. The summed E-state index contributed by atoms with van der Waals surface area (Å²) in [4.78, 5) is 8.90. The summed E-state index contributed by atoms with van der Waals surface area (Å²) in [5.74, 6) is 0.770. The first-order valence-electron chi connectivity index (χ1n) is 10.8. The van der Waals surface area contributed by atoms with E-state index in [9.17, 15) is 8.42 Å². The average molecular weight is 566 g/mol. The van der Waals surface area contributed by atoms with E-state index in [0.29, 0.717) is 13.1 Å². The average Bonchev–Trinajstić information content (AvgIpc) is 2.76. The van der Waals surface area contributed by atoms with E-state index in [-0.39, 0.29) is 35.8 Å². The van der Waals surface area contributed by atoms with Gasteiger partial charge in [0.2, 0.25) is 10.0 Å². The molecular weight excluding hydrogens is 529 g/mol. The van der Waals surface area contributed by atoms with E-state index in [4.69, 9.17) is 4.74 Å². The first-order valence-corrected chi connectivity index (χ1v) is 12.5. The van der Waals surface area contributed by atoms with Crippen LogP contribution in [0.5, 0.6) is 0 Å². The van der Waals surface area contributed by atoms with Crippen LogP contribution >= 0.6 is 24.0 Å². The fourth-order valence-corrected chi connectivity index (χ4v) is 4.85. The molecule has 0 bridgehead atoms. The second-order valence-corrected chi connectivity index (χ2v) is 9.87. The maximum Gasteiger partial charge on any atom is 0.213 e. The van der Waals surface area contributed by atoms with Crippen molar-refractivity contribution in [2.24, 2.45) is 4.99 Å². The van der Waals surface area contributed by atoms with Crippen molar-refractivity contribution in [1.29, 1.82) is 0 Å². The van der Waals surface area contributed by atoms with Gasteiger partial charge in [0.05, 0.1) is 11.9 Å². The topological polar surface area (TPSA) is 86.3 Å². The van der Waals surface area contributed by atoms with E-state index in [2.05, 4.69) is 56.0 Å². The molecule has 2 fully saturated rings. The number of benzene rings is 1. The second-order valence-electron chi connectivity index (χ2n) is 7.94. The predicted octanol–water partition coefficient (Wildman–Crippen LogP) is 1.80. The Kier molecular flexibility index (Phi) is 10.8. The molecule has 0 radical (unpaired) electrons. The van der Waals surface area contributed by atoms with Crippen LogP contribution in [0.4, 0.5) is 5.69 Å². The third kappa shape index (κ3) is 8.39. The van der Waals surface area contributed by atoms with Crippen molar-refractivity contribution in [2.75, 3.05) is 63.6 Å². The van der Waals surface area contributed by atoms with Gasteiger partial charge in [-0.25, -0.2) is 13.1 Å². The molecule has 2 N–H and O–H groups in total. The SMILES string of the molecule is CN=C(NCCS(=O)(=O)NCC1CCCCO1)N1CCN(c2cccc(C)c2)CC1.I. The van der Waals surface area contributed by atoms with Crippen molar-refractivity contribution in [3.63, 3.8) is 0 Å². The lowest BCUT2D eigenvalue weighted by molar-refractivity contribution is 0.0200. The minimum Gasteiger partial charge on any atom is -0.377 e. The Balaban J connectivity index is 0.00000341. The number of aryl methyl sites for hydroxylation is 1. The van der Waals surface area contributed by atoms with Crippen LogP contribution in [0.1, 0.15) is 24.8 Å². The summed E-state index contributed by atoms with van der Waals surface area (Å²) >= 11 is 0. The number of guanidine groups is 1. The molecule has 1 aromatic carbocycles. The number of piperazine rings is 1. The molecule has 1 atom stereocenters. The lowest BCUT2D eigenvalue weighted by atomic mass is 10.1. The molecule has 3 rings (SSSR count). The van der Waals surface area contributed by atoms with Crippen molar-refractivity contribution >= 4 is 45.6 Å². The van der Waals surface area contributed by atoms with Crippen LogP contribution in [0.25, 0.3) is 0 Å². The summed E-state index contributed by atoms with van der Waals surface area (Å²) in [6.45, 7) is 7.02. The van der Waals surface area contributed by atoms with Gasteiger partial charge in [0.1, 0.15) is 0 Å². The predicted molar refractivity (Wildman–Crippen MR) is 137 cm³/mol. The third-order valence-corrected chi connectivity index (χ3v) is 6.96. The number of hydrogen-bond donors (Lipinski definition) is 2. The molecule has 0 spiro atoms. The summed E-state index contributed by atoms with van der Waals surface area (Å²) < 4.78 is 32.8. The van der Waals surface area contributed by atoms with Gasteiger partial charge in [0.15, 0.2) is 5.96 Å². The number of anilines is 1. The van der Waals surface area contributed by atoms with E-state index in [1.807, 2.05) is 0 Å². The molecule has 2 aliphatic heterocycles. The summed E-state index contributed by atoms with van der Waals surface area (Å²) in [5.41, 5.74) is 2.51. The van der Waals surface area contributed by atoms with Crippen LogP contribution < -0.4 is 14.9 Å². The number of sulfonamides is 1. The standard InChI is InChI=1S/C21H35N5O3S.HI/c1-18-6-5-7-19(16-18)25-10-12-26(13-11-25)21(22-2)23-9-15-30(27,28)24-17-20-8-3-4-14-29-20;/h5-7,16,20,24H,3-4,8-15,17H2,1-2H3,(H,22,23);1H. The van der Waals surface area contributed by atoms with Gasteiger partial charge in [-0.2, -0.15) is 0 Å². The van der Waals surface area contributed by atoms with Crippen LogP contribution in [0.2, 0.25) is 0 Å². The van der Waals surface area contributed by atoms with Gasteiger partial charge in [0, 0.05) is 58.6 Å². The van der Waals surface area contributed by atoms with Crippen molar-refractivity contribution < 1.29 is 13.2 Å². The maximum atomic E-state index is 12.3. The number of rotatable bonds is 7. The van der Waals surface area contributed by atoms with E-state index in [1.165, 1.54) is 11.3 Å². The third-order valence-electron chi connectivity index (χ3n) is 5.62. The fourth-order valence-electron chi connectivity index (χ4n) is 3.89. The Morgan fingerprint density at radius 1 is 1.23 bits per heavy atom. The van der Waals surface area contributed by atoms with Gasteiger partial charge in [-0.3, -0.25) is 4.99 Å². The first-order chi connectivity index (χ1) is 14.5. The van der Waals surface area contributed by atoms with Crippen LogP contribution in [-0.4, -0.2) is 84.1 Å². The molecule has 8 nitrogen and oxygen atoms in total. The quantitative estimate of drug-likeness (QED) is 0.298. The molecule has 0 amide bonds. The molecule has 10 heteroatoms. The van der Waals surface area contributed by atoms with Crippen molar-refractivity contribution in [1.82, 2.24) is 14.9 Å². The van der Waals surface area contributed by atoms with E-state index in [0.717, 1.165) is 58.0 Å². The van der Waals surface area contributed by atoms with E-state index in [1.54, 1.807) is 7.05 Å². The number of aliphatic imine (C=N–C) groups is 1. The highest BCUT2D eigenvalue weighted by Gasteiger charge is 2.21. The summed E-state index contributed by atoms with van der Waals surface area (Å²) in [6.07, 6.45) is 3.08. The molecule has 31 heavy (non-hydrogen) atoms. The molecule has 2 aliphatic rings. The zero-order chi connectivity index (χ0) is 21.4. The Labute approximate surface area is 203 Å². The number of nitrogens with one attached hydrogen (secondary N) is 2. The zero-order valence-corrected chi connectivity index (χ0v) is 21.7. The van der Waals surface area contributed by atoms with Gasteiger partial charge >= 0.3 is 0 Å². The summed E-state index contributed by atoms with van der Waals surface area (Å²) in [5, 5.41) is 3.20. The highest BCUT2D eigenvalue weighted by molar-refractivity contribution is 14.0. The Bertz CT molecular complexity index is 807. The molecule has 0 aliphatic carbocycles. The number of halogens is 1. The van der Waals surface area contributed by atoms with Gasteiger partial charge < -0.3 is 19.9 Å². The smallest absolute Gasteiger partial charge is 0.213 e. The minimum absolute atomic E-state index is 0. The Morgan fingerprint density at radius 2 is 2.00 bits per heavy atom. The van der Waals surface area contributed by atoms with Crippen molar-refractivity contribution in [2.45, 2.75) is 32.3 Å².